The minimum atomic E-state index is -1.16. The van der Waals surface area contributed by atoms with Gasteiger partial charge in [0.1, 0.15) is 5.92 Å². The first kappa shape index (κ1) is 11.2. The topological polar surface area (TPSA) is 76.5 Å². The fourth-order valence-electron chi connectivity index (χ4n) is 1.09. The molecule has 0 radical (unpaired) electrons. The van der Waals surface area contributed by atoms with Crippen LogP contribution >= 0.6 is 0 Å². The Morgan fingerprint density at radius 1 is 1.53 bits per heavy atom. The number of hydrogen-bond acceptors (Lipinski definition) is 4. The quantitative estimate of drug-likeness (QED) is 0.591. The van der Waals surface area contributed by atoms with Gasteiger partial charge in [0.05, 0.1) is 12.7 Å². The fourth-order valence-corrected chi connectivity index (χ4v) is 1.09. The van der Waals surface area contributed by atoms with Crippen molar-refractivity contribution in [2.24, 2.45) is 5.92 Å². The zero-order valence-corrected chi connectivity index (χ0v) is 8.43. The van der Waals surface area contributed by atoms with E-state index in [9.17, 15) is 9.59 Å². The predicted octanol–water partition coefficient (Wildman–Crippen LogP) is 0.994. The first-order valence-corrected chi connectivity index (χ1v) is 4.34. The van der Waals surface area contributed by atoms with E-state index < -0.39 is 17.7 Å². The molecule has 0 fully saturated rings. The molecule has 5 nitrogen and oxygen atoms in total. The molecule has 1 N–H and O–H groups in total. The summed E-state index contributed by atoms with van der Waals surface area (Å²) in [5, 5.41) is 8.70. The maximum atomic E-state index is 11.7. The number of ether oxygens (including phenoxy) is 1. The Labute approximate surface area is 86.7 Å². The van der Waals surface area contributed by atoms with Gasteiger partial charge in [0.15, 0.2) is 5.78 Å². The fraction of sp³-hybridized carbons (Fsp3) is 0.300. The number of carboxylic acids is 1. The Morgan fingerprint density at radius 3 is 2.73 bits per heavy atom. The molecule has 0 saturated carbocycles. The van der Waals surface area contributed by atoms with Crippen LogP contribution in [0, 0.1) is 5.92 Å². The lowest BCUT2D eigenvalue weighted by Gasteiger charge is -2.08. The summed E-state index contributed by atoms with van der Waals surface area (Å²) in [5.74, 6) is -2.61. The van der Waals surface area contributed by atoms with Gasteiger partial charge in [-0.15, -0.1) is 0 Å². The number of methoxy groups -OCH3 is 1. The largest absolute Gasteiger partial charge is 0.481 e. The molecule has 15 heavy (non-hydrogen) atoms. The first-order chi connectivity index (χ1) is 7.07. The highest BCUT2D eigenvalue weighted by Gasteiger charge is 2.24. The molecule has 0 aliphatic heterocycles. The predicted molar refractivity (Wildman–Crippen MR) is 51.9 cm³/mol. The Hall–Kier alpha value is -1.91. The second-order valence-corrected chi connectivity index (χ2v) is 2.98. The van der Waals surface area contributed by atoms with Gasteiger partial charge < -0.3 is 9.84 Å². The van der Waals surface area contributed by atoms with Gasteiger partial charge in [-0.3, -0.25) is 9.59 Å². The lowest BCUT2D eigenvalue weighted by Crippen LogP contribution is -2.21. The Balaban J connectivity index is 3.05. The third kappa shape index (κ3) is 2.31. The van der Waals surface area contributed by atoms with E-state index in [4.69, 9.17) is 9.84 Å². The van der Waals surface area contributed by atoms with Crippen molar-refractivity contribution in [2.45, 2.75) is 6.92 Å². The van der Waals surface area contributed by atoms with Crippen molar-refractivity contribution in [3.8, 4) is 5.88 Å². The molecule has 1 atom stereocenters. The van der Waals surface area contributed by atoms with E-state index in [0.29, 0.717) is 0 Å². The minimum Gasteiger partial charge on any atom is -0.481 e. The monoisotopic (exact) mass is 209 g/mol. The number of hydrogen-bond donors (Lipinski definition) is 1. The third-order valence-corrected chi connectivity index (χ3v) is 1.99. The van der Waals surface area contributed by atoms with E-state index in [1.54, 1.807) is 6.07 Å². The first-order valence-electron chi connectivity index (χ1n) is 4.34. The summed E-state index contributed by atoms with van der Waals surface area (Å²) in [7, 11) is 1.38. The number of Topliss-reactive ketones (excluding diaryl/α,β-unsaturated/α-hetero) is 1. The van der Waals surface area contributed by atoms with Crippen LogP contribution in [0.1, 0.15) is 17.3 Å². The van der Waals surface area contributed by atoms with Crippen LogP contribution in [-0.2, 0) is 4.79 Å². The van der Waals surface area contributed by atoms with Gasteiger partial charge in [-0.05, 0) is 19.1 Å². The number of aliphatic carboxylic acids is 1. The number of aromatic nitrogens is 1. The second-order valence-electron chi connectivity index (χ2n) is 2.98. The molecule has 0 aliphatic carbocycles. The number of ketones is 1. The van der Waals surface area contributed by atoms with E-state index in [2.05, 4.69) is 4.98 Å². The van der Waals surface area contributed by atoms with Gasteiger partial charge in [0.2, 0.25) is 5.88 Å². The average molecular weight is 209 g/mol. The number of carboxylic acid groups (broad SMARTS) is 1. The highest BCUT2D eigenvalue weighted by atomic mass is 16.5. The van der Waals surface area contributed by atoms with Crippen molar-refractivity contribution in [3.05, 3.63) is 23.9 Å². The molecule has 1 aromatic heterocycles. The standard InChI is InChI=1S/C10H11NO4/c1-6(10(13)14)8(12)7-4-3-5-11-9(7)15-2/h3-6H,1-2H3,(H,13,14). The lowest BCUT2D eigenvalue weighted by atomic mass is 10.0. The van der Waals surface area contributed by atoms with Crippen LogP contribution < -0.4 is 4.74 Å². The molecule has 1 unspecified atom stereocenters. The normalized spacial score (nSPS) is 11.9. The van der Waals surface area contributed by atoms with Crippen LogP contribution in [0.3, 0.4) is 0 Å². The number of rotatable bonds is 4. The summed E-state index contributed by atoms with van der Waals surface area (Å²) in [6.45, 7) is 1.33. The summed E-state index contributed by atoms with van der Waals surface area (Å²) in [5.41, 5.74) is 0.190. The molecule has 1 aromatic rings. The smallest absolute Gasteiger partial charge is 0.314 e. The van der Waals surface area contributed by atoms with Crippen LogP contribution in [0.5, 0.6) is 5.88 Å². The van der Waals surface area contributed by atoms with Gasteiger partial charge in [-0.1, -0.05) is 0 Å². The van der Waals surface area contributed by atoms with Gasteiger partial charge >= 0.3 is 5.97 Å². The van der Waals surface area contributed by atoms with E-state index in [-0.39, 0.29) is 11.4 Å². The van der Waals surface area contributed by atoms with Crippen LogP contribution in [0.25, 0.3) is 0 Å². The van der Waals surface area contributed by atoms with Crippen LogP contribution in [0.2, 0.25) is 0 Å². The molecule has 5 heteroatoms. The lowest BCUT2D eigenvalue weighted by molar-refractivity contribution is -0.139. The van der Waals surface area contributed by atoms with Crippen molar-refractivity contribution in [2.75, 3.05) is 7.11 Å². The summed E-state index contributed by atoms with van der Waals surface area (Å²) < 4.78 is 4.87. The summed E-state index contributed by atoms with van der Waals surface area (Å²) in [6.07, 6.45) is 1.47. The van der Waals surface area contributed by atoms with Crippen molar-refractivity contribution in [3.63, 3.8) is 0 Å². The number of carbonyl (C=O) groups excluding carboxylic acids is 1. The number of carbonyl (C=O) groups is 2. The van der Waals surface area contributed by atoms with Gasteiger partial charge in [-0.25, -0.2) is 4.98 Å². The van der Waals surface area contributed by atoms with Gasteiger partial charge in [-0.2, -0.15) is 0 Å². The average Bonchev–Trinajstić information content (AvgIpc) is 2.26. The van der Waals surface area contributed by atoms with Gasteiger partial charge in [0.25, 0.3) is 0 Å². The third-order valence-electron chi connectivity index (χ3n) is 1.99. The molecule has 0 aliphatic rings. The summed E-state index contributed by atoms with van der Waals surface area (Å²) in [4.78, 5) is 26.1. The van der Waals surface area contributed by atoms with E-state index in [1.807, 2.05) is 0 Å². The Bertz CT molecular complexity index is 389. The van der Waals surface area contributed by atoms with Crippen molar-refractivity contribution >= 4 is 11.8 Å². The molecule has 0 aromatic carbocycles. The van der Waals surface area contributed by atoms with Crippen LogP contribution in [-0.4, -0.2) is 29.0 Å². The number of nitrogens with zero attached hydrogens (tertiary/aromatic N) is 1. The molecule has 0 saturated heterocycles. The number of pyridine rings is 1. The SMILES string of the molecule is COc1ncccc1C(=O)C(C)C(=O)O. The molecule has 1 heterocycles. The maximum Gasteiger partial charge on any atom is 0.314 e. The molecular weight excluding hydrogens is 198 g/mol. The van der Waals surface area contributed by atoms with Crippen molar-refractivity contribution in [1.29, 1.82) is 0 Å². The highest BCUT2D eigenvalue weighted by Crippen LogP contribution is 2.18. The van der Waals surface area contributed by atoms with Crippen LogP contribution in [0.4, 0.5) is 0 Å². The zero-order valence-electron chi connectivity index (χ0n) is 8.43. The minimum absolute atomic E-state index is 0.149. The van der Waals surface area contributed by atoms with E-state index >= 15 is 0 Å². The second kappa shape index (κ2) is 4.54. The molecule has 0 bridgehead atoms. The summed E-state index contributed by atoms with van der Waals surface area (Å²) >= 11 is 0. The summed E-state index contributed by atoms with van der Waals surface area (Å²) in [6, 6.07) is 3.05. The zero-order chi connectivity index (χ0) is 11.4. The highest BCUT2D eigenvalue weighted by molar-refractivity contribution is 6.09. The molecule has 1 rings (SSSR count). The molecule has 0 amide bonds. The van der Waals surface area contributed by atoms with Crippen molar-refractivity contribution in [1.82, 2.24) is 4.98 Å². The van der Waals surface area contributed by atoms with Gasteiger partial charge in [0, 0.05) is 6.20 Å². The van der Waals surface area contributed by atoms with E-state index in [0.717, 1.165) is 0 Å². The molecular formula is C10H11NO4. The van der Waals surface area contributed by atoms with E-state index in [1.165, 1.54) is 26.3 Å². The Kier molecular flexibility index (Phi) is 3.38. The molecule has 0 spiro atoms. The Morgan fingerprint density at radius 2 is 2.20 bits per heavy atom. The maximum absolute atomic E-state index is 11.7. The molecule has 80 valence electrons. The van der Waals surface area contributed by atoms with Crippen LogP contribution in [0.15, 0.2) is 18.3 Å². The van der Waals surface area contributed by atoms with Crippen molar-refractivity contribution < 1.29 is 19.4 Å².